The number of methoxy groups -OCH3 is 1. The molecule has 0 heterocycles. The van der Waals surface area contributed by atoms with Crippen LogP contribution in [0.3, 0.4) is 0 Å². The largest absolute Gasteiger partial charge is 0.468 e. The van der Waals surface area contributed by atoms with Crippen molar-refractivity contribution in [2.45, 2.75) is 13.5 Å². The number of ether oxygens (including phenoxy) is 1. The number of azide groups is 1. The fourth-order valence-electron chi connectivity index (χ4n) is 1.34. The predicted molar refractivity (Wildman–Crippen MR) is 69.1 cm³/mol. The third-order valence-electron chi connectivity index (χ3n) is 2.49. The van der Waals surface area contributed by atoms with E-state index in [4.69, 9.17) is 5.53 Å². The molecule has 0 radical (unpaired) electrons. The van der Waals surface area contributed by atoms with Crippen LogP contribution in [0.15, 0.2) is 29.4 Å². The Hall–Kier alpha value is -2.53. The lowest BCUT2D eigenvalue weighted by atomic mass is 10.1. The average Bonchev–Trinajstić information content (AvgIpc) is 2.44. The predicted octanol–water partition coefficient (Wildman–Crippen LogP) is 2.24. The van der Waals surface area contributed by atoms with Crippen molar-refractivity contribution < 1.29 is 14.3 Å². The second-order valence-electron chi connectivity index (χ2n) is 3.82. The van der Waals surface area contributed by atoms with Crippen LogP contribution in [0, 0.1) is 5.92 Å². The van der Waals surface area contributed by atoms with Crippen LogP contribution in [0.2, 0.25) is 0 Å². The third-order valence-corrected chi connectivity index (χ3v) is 2.49. The highest BCUT2D eigenvalue weighted by Crippen LogP contribution is 2.12. The van der Waals surface area contributed by atoms with Crippen LogP contribution in [0.1, 0.15) is 12.5 Å². The lowest BCUT2D eigenvalue weighted by molar-refractivity contribution is -0.147. The van der Waals surface area contributed by atoms with Crippen LogP contribution in [0.5, 0.6) is 0 Å². The number of carbonyl (C=O) groups is 2. The van der Waals surface area contributed by atoms with Gasteiger partial charge < -0.3 is 10.1 Å². The molecule has 0 saturated carbocycles. The van der Waals surface area contributed by atoms with Gasteiger partial charge in [-0.1, -0.05) is 17.2 Å². The van der Waals surface area contributed by atoms with Crippen molar-refractivity contribution in [3.05, 3.63) is 40.3 Å². The first-order valence-corrected chi connectivity index (χ1v) is 5.57. The molecule has 1 atom stereocenters. The van der Waals surface area contributed by atoms with Gasteiger partial charge in [-0.3, -0.25) is 9.59 Å². The number of hydrogen-bond acceptors (Lipinski definition) is 4. The second kappa shape index (κ2) is 7.03. The fraction of sp³-hybridized carbons (Fsp3) is 0.333. The number of carbonyl (C=O) groups excluding carboxylic acids is 2. The van der Waals surface area contributed by atoms with Gasteiger partial charge in [0.15, 0.2) is 0 Å². The smallest absolute Gasteiger partial charge is 0.317 e. The Labute approximate surface area is 110 Å². The molecule has 0 aliphatic carbocycles. The molecule has 0 aromatic heterocycles. The van der Waals surface area contributed by atoms with Crippen LogP contribution in [-0.4, -0.2) is 19.0 Å². The number of nitrogens with zero attached hydrogens (tertiary/aromatic N) is 3. The summed E-state index contributed by atoms with van der Waals surface area (Å²) in [5.74, 6) is -1.89. The highest BCUT2D eigenvalue weighted by Gasteiger charge is 2.21. The fourth-order valence-corrected chi connectivity index (χ4v) is 1.34. The summed E-state index contributed by atoms with van der Waals surface area (Å²) in [6, 6.07) is 6.80. The standard InChI is InChI=1S/C12H14N4O3/c1-8(12(18)19-2)11(17)15-10-5-3-9(4-6-10)7-14-16-13/h3-6,8H,7H2,1-2H3,(H,15,17). The highest BCUT2D eigenvalue weighted by atomic mass is 16.5. The molecule has 1 N–H and O–H groups in total. The van der Waals surface area contributed by atoms with Crippen LogP contribution >= 0.6 is 0 Å². The highest BCUT2D eigenvalue weighted by molar-refractivity contribution is 6.04. The van der Waals surface area contributed by atoms with Crippen molar-refractivity contribution in [1.82, 2.24) is 0 Å². The molecule has 1 rings (SSSR count). The molecule has 1 unspecified atom stereocenters. The molecule has 0 saturated heterocycles. The van der Waals surface area contributed by atoms with Gasteiger partial charge in [0.05, 0.1) is 13.7 Å². The van der Waals surface area contributed by atoms with Crippen molar-refractivity contribution in [2.75, 3.05) is 12.4 Å². The molecule has 1 amide bonds. The van der Waals surface area contributed by atoms with Gasteiger partial charge in [-0.05, 0) is 30.2 Å². The van der Waals surface area contributed by atoms with Gasteiger partial charge in [0, 0.05) is 10.6 Å². The average molecular weight is 262 g/mol. The summed E-state index contributed by atoms with van der Waals surface area (Å²) < 4.78 is 4.49. The Morgan fingerprint density at radius 2 is 2.05 bits per heavy atom. The molecule has 19 heavy (non-hydrogen) atoms. The van der Waals surface area contributed by atoms with Crippen molar-refractivity contribution in [3.8, 4) is 0 Å². The summed E-state index contributed by atoms with van der Waals surface area (Å²) in [6.45, 7) is 1.72. The lowest BCUT2D eigenvalue weighted by Gasteiger charge is -2.10. The minimum absolute atomic E-state index is 0.253. The number of benzene rings is 1. The second-order valence-corrected chi connectivity index (χ2v) is 3.82. The minimum Gasteiger partial charge on any atom is -0.468 e. The van der Waals surface area contributed by atoms with E-state index in [-0.39, 0.29) is 6.54 Å². The number of hydrogen-bond donors (Lipinski definition) is 1. The molecule has 1 aromatic rings. The monoisotopic (exact) mass is 262 g/mol. The van der Waals surface area contributed by atoms with E-state index in [1.807, 2.05) is 0 Å². The van der Waals surface area contributed by atoms with Gasteiger partial charge in [-0.25, -0.2) is 0 Å². The molecule has 0 bridgehead atoms. The van der Waals surface area contributed by atoms with Crippen molar-refractivity contribution in [1.29, 1.82) is 0 Å². The summed E-state index contributed by atoms with van der Waals surface area (Å²) in [4.78, 5) is 25.5. The van der Waals surface area contributed by atoms with E-state index in [0.29, 0.717) is 5.69 Å². The maximum absolute atomic E-state index is 11.7. The number of anilines is 1. The van der Waals surface area contributed by atoms with Gasteiger partial charge in [0.1, 0.15) is 5.92 Å². The Kier molecular flexibility index (Phi) is 5.37. The third kappa shape index (κ3) is 4.33. The van der Waals surface area contributed by atoms with Gasteiger partial charge in [-0.15, -0.1) is 0 Å². The van der Waals surface area contributed by atoms with Crippen LogP contribution < -0.4 is 5.32 Å². The molecular formula is C12H14N4O3. The van der Waals surface area contributed by atoms with E-state index in [1.54, 1.807) is 24.3 Å². The number of nitrogens with one attached hydrogen (secondary N) is 1. The van der Waals surface area contributed by atoms with E-state index in [1.165, 1.54) is 14.0 Å². The first kappa shape index (κ1) is 14.5. The zero-order valence-electron chi connectivity index (χ0n) is 10.7. The Bertz CT molecular complexity index is 506. The van der Waals surface area contributed by atoms with E-state index >= 15 is 0 Å². The first-order chi connectivity index (χ1) is 9.08. The summed E-state index contributed by atoms with van der Waals surface area (Å²) in [5.41, 5.74) is 9.59. The molecule has 100 valence electrons. The number of amides is 1. The quantitative estimate of drug-likeness (QED) is 0.289. The summed E-state index contributed by atoms with van der Waals surface area (Å²) in [6.07, 6.45) is 0. The maximum Gasteiger partial charge on any atom is 0.317 e. The molecule has 7 nitrogen and oxygen atoms in total. The molecule has 0 fully saturated rings. The molecule has 0 aliphatic heterocycles. The Balaban J connectivity index is 2.65. The van der Waals surface area contributed by atoms with Crippen LogP contribution in [0.25, 0.3) is 10.4 Å². The zero-order valence-corrected chi connectivity index (χ0v) is 10.7. The minimum atomic E-state index is -0.868. The van der Waals surface area contributed by atoms with Crippen LogP contribution in [-0.2, 0) is 20.9 Å². The van der Waals surface area contributed by atoms with E-state index in [0.717, 1.165) is 5.56 Å². The number of esters is 1. The SMILES string of the molecule is COC(=O)C(C)C(=O)Nc1ccc(CN=[N+]=[N-])cc1. The van der Waals surface area contributed by atoms with Gasteiger partial charge >= 0.3 is 5.97 Å². The summed E-state index contributed by atoms with van der Waals surface area (Å²) in [5, 5.41) is 6.02. The van der Waals surface area contributed by atoms with Crippen molar-refractivity contribution in [3.63, 3.8) is 0 Å². The van der Waals surface area contributed by atoms with Crippen molar-refractivity contribution in [2.24, 2.45) is 11.0 Å². The first-order valence-electron chi connectivity index (χ1n) is 5.57. The topological polar surface area (TPSA) is 104 Å². The Morgan fingerprint density at radius 3 is 2.58 bits per heavy atom. The van der Waals surface area contributed by atoms with Crippen molar-refractivity contribution >= 4 is 17.6 Å². The lowest BCUT2D eigenvalue weighted by Crippen LogP contribution is -2.28. The molecule has 0 spiro atoms. The Morgan fingerprint density at radius 1 is 1.42 bits per heavy atom. The molecule has 1 aromatic carbocycles. The molecule has 0 aliphatic rings. The van der Waals surface area contributed by atoms with Gasteiger partial charge in [-0.2, -0.15) is 0 Å². The molecular weight excluding hydrogens is 248 g/mol. The van der Waals surface area contributed by atoms with E-state index in [9.17, 15) is 9.59 Å². The van der Waals surface area contributed by atoms with E-state index < -0.39 is 17.8 Å². The summed E-state index contributed by atoms with van der Waals surface area (Å²) >= 11 is 0. The van der Waals surface area contributed by atoms with Crippen LogP contribution in [0.4, 0.5) is 5.69 Å². The van der Waals surface area contributed by atoms with Gasteiger partial charge in [0.2, 0.25) is 5.91 Å². The summed E-state index contributed by atoms with van der Waals surface area (Å²) in [7, 11) is 1.23. The van der Waals surface area contributed by atoms with E-state index in [2.05, 4.69) is 20.1 Å². The maximum atomic E-state index is 11.7. The zero-order chi connectivity index (χ0) is 14.3. The normalized spacial score (nSPS) is 11.1. The van der Waals surface area contributed by atoms with Gasteiger partial charge in [0.25, 0.3) is 0 Å². The number of rotatable bonds is 5. The molecule has 7 heteroatoms.